The number of rotatable bonds is 12. The van der Waals surface area contributed by atoms with Crippen LogP contribution in [0.4, 0.5) is 5.69 Å². The molecule has 1 N–H and O–H groups in total. The number of amides is 2. The first-order valence-corrected chi connectivity index (χ1v) is 16.3. The predicted molar refractivity (Wildman–Crippen MR) is 171 cm³/mol. The Morgan fingerprint density at radius 3 is 2.02 bits per heavy atom. The van der Waals surface area contributed by atoms with Gasteiger partial charge in [-0.2, -0.15) is 0 Å². The molecule has 2 atom stereocenters. The second-order valence-corrected chi connectivity index (χ2v) is 13.4. The third-order valence-electron chi connectivity index (χ3n) is 6.86. The van der Waals surface area contributed by atoms with Crippen molar-refractivity contribution in [2.24, 2.45) is 0 Å². The van der Waals surface area contributed by atoms with Crippen molar-refractivity contribution in [1.29, 1.82) is 0 Å². The van der Waals surface area contributed by atoms with E-state index in [9.17, 15) is 18.0 Å². The number of halogens is 4. The normalized spacial score (nSPS) is 12.9. The summed E-state index contributed by atoms with van der Waals surface area (Å²) >= 11 is 25.3. The van der Waals surface area contributed by atoms with Gasteiger partial charge in [0.1, 0.15) is 12.6 Å². The van der Waals surface area contributed by atoms with Crippen molar-refractivity contribution in [2.75, 3.05) is 10.8 Å². The summed E-state index contributed by atoms with van der Waals surface area (Å²) in [7, 11) is -4.26. The lowest BCUT2D eigenvalue weighted by atomic mass is 10.1. The fraction of sp³-hybridized carbons (Fsp3) is 0.333. The Bertz CT molecular complexity index is 1510. The Labute approximate surface area is 267 Å². The number of carbonyl (C=O) groups is 2. The Kier molecular flexibility index (Phi) is 12.0. The zero-order valence-electron chi connectivity index (χ0n) is 23.7. The number of benzene rings is 3. The van der Waals surface area contributed by atoms with Crippen LogP contribution in [0.5, 0.6) is 0 Å². The van der Waals surface area contributed by atoms with E-state index < -0.39 is 28.5 Å². The second kappa shape index (κ2) is 14.8. The molecule has 0 aliphatic rings. The lowest BCUT2D eigenvalue weighted by molar-refractivity contribution is -0.140. The van der Waals surface area contributed by atoms with Crippen molar-refractivity contribution in [2.45, 2.75) is 64.1 Å². The van der Waals surface area contributed by atoms with Gasteiger partial charge in [0.05, 0.1) is 20.6 Å². The number of hydrogen-bond acceptors (Lipinski definition) is 4. The summed E-state index contributed by atoms with van der Waals surface area (Å²) in [6, 6.07) is 14.4. The van der Waals surface area contributed by atoms with Gasteiger partial charge in [-0.05, 0) is 69.2 Å². The summed E-state index contributed by atoms with van der Waals surface area (Å²) in [5.74, 6) is -1.01. The van der Waals surface area contributed by atoms with Crippen LogP contribution in [0.1, 0.15) is 44.7 Å². The van der Waals surface area contributed by atoms with E-state index in [1.54, 1.807) is 37.3 Å². The van der Waals surface area contributed by atoms with Gasteiger partial charge in [0.2, 0.25) is 11.8 Å². The minimum Gasteiger partial charge on any atom is -0.352 e. The van der Waals surface area contributed by atoms with Crippen molar-refractivity contribution in [3.63, 3.8) is 0 Å². The molecule has 226 valence electrons. The smallest absolute Gasteiger partial charge is 0.264 e. The molecule has 3 aromatic carbocycles. The minimum atomic E-state index is -4.26. The SMILES string of the molecule is CC[C@@H](C)NC(=O)[C@H](CC)N(Cc1c(Cl)cccc1Cl)C(=O)CN(c1ccc(Cl)c(Cl)c1)S(=O)(=O)c1ccc(C)cc1. The Morgan fingerprint density at radius 2 is 1.48 bits per heavy atom. The summed E-state index contributed by atoms with van der Waals surface area (Å²) in [6.45, 7) is 6.65. The Morgan fingerprint density at radius 1 is 0.857 bits per heavy atom. The standard InChI is InChI=1S/C30H33Cl4N3O4S/c1-5-20(4)35-30(39)28(6-2)36(17-23-24(31)8-7-9-25(23)32)29(38)18-37(21-12-15-26(33)27(34)16-21)42(40,41)22-13-10-19(3)11-14-22/h7-16,20,28H,5-6,17-18H2,1-4H3,(H,35,39)/t20-,28+/m1/s1. The third-order valence-corrected chi connectivity index (χ3v) is 10.1. The van der Waals surface area contributed by atoms with Crippen molar-refractivity contribution in [1.82, 2.24) is 10.2 Å². The van der Waals surface area contributed by atoms with Crippen molar-refractivity contribution in [3.05, 3.63) is 91.9 Å². The number of aryl methyl sites for hydroxylation is 1. The summed E-state index contributed by atoms with van der Waals surface area (Å²) in [5.41, 5.74) is 1.43. The first-order chi connectivity index (χ1) is 19.8. The average molecular weight is 673 g/mol. The van der Waals surface area contributed by atoms with Gasteiger partial charge in [0.15, 0.2) is 0 Å². The van der Waals surface area contributed by atoms with E-state index in [1.165, 1.54) is 35.2 Å². The maximum absolute atomic E-state index is 14.2. The first kappa shape index (κ1) is 34.0. The molecule has 3 rings (SSSR count). The molecule has 0 aliphatic carbocycles. The Balaban J connectivity index is 2.12. The third kappa shape index (κ3) is 8.11. The molecule has 0 saturated heterocycles. The number of hydrogen-bond donors (Lipinski definition) is 1. The number of carbonyl (C=O) groups excluding carboxylic acids is 2. The molecule has 0 heterocycles. The van der Waals surface area contributed by atoms with E-state index in [0.29, 0.717) is 22.0 Å². The van der Waals surface area contributed by atoms with Crippen LogP contribution in [-0.2, 0) is 26.2 Å². The molecule has 0 fully saturated rings. The largest absolute Gasteiger partial charge is 0.352 e. The van der Waals surface area contributed by atoms with Crippen LogP contribution < -0.4 is 9.62 Å². The number of nitrogens with one attached hydrogen (secondary N) is 1. The molecular weight excluding hydrogens is 640 g/mol. The monoisotopic (exact) mass is 671 g/mol. The molecule has 12 heteroatoms. The maximum atomic E-state index is 14.2. The number of anilines is 1. The second-order valence-electron chi connectivity index (χ2n) is 9.89. The molecule has 0 spiro atoms. The zero-order chi connectivity index (χ0) is 31.2. The summed E-state index contributed by atoms with van der Waals surface area (Å²) in [4.78, 5) is 28.9. The summed E-state index contributed by atoms with van der Waals surface area (Å²) in [6.07, 6.45) is 0.944. The summed E-state index contributed by atoms with van der Waals surface area (Å²) < 4.78 is 28.9. The van der Waals surface area contributed by atoms with Gasteiger partial charge < -0.3 is 10.2 Å². The lowest BCUT2D eigenvalue weighted by Gasteiger charge is -2.34. The minimum absolute atomic E-state index is 0.0192. The predicted octanol–water partition coefficient (Wildman–Crippen LogP) is 7.53. The van der Waals surface area contributed by atoms with E-state index in [2.05, 4.69) is 5.32 Å². The van der Waals surface area contributed by atoms with Gasteiger partial charge in [0.25, 0.3) is 10.0 Å². The van der Waals surface area contributed by atoms with Crippen molar-refractivity contribution >= 4 is 73.9 Å². The highest BCUT2D eigenvalue weighted by Crippen LogP contribution is 2.32. The number of nitrogens with zero attached hydrogens (tertiary/aromatic N) is 2. The fourth-order valence-electron chi connectivity index (χ4n) is 4.22. The van der Waals surface area contributed by atoms with Crippen molar-refractivity contribution < 1.29 is 18.0 Å². The first-order valence-electron chi connectivity index (χ1n) is 13.4. The molecule has 0 radical (unpaired) electrons. The number of sulfonamides is 1. The van der Waals surface area contributed by atoms with Crippen LogP contribution in [0, 0.1) is 6.92 Å². The van der Waals surface area contributed by atoms with E-state index in [-0.39, 0.29) is 45.5 Å². The Hall–Kier alpha value is -2.49. The van der Waals surface area contributed by atoms with Crippen LogP contribution in [0.2, 0.25) is 20.1 Å². The van der Waals surface area contributed by atoms with Crippen LogP contribution in [-0.4, -0.2) is 43.8 Å². The highest BCUT2D eigenvalue weighted by Gasteiger charge is 2.34. The van der Waals surface area contributed by atoms with Crippen molar-refractivity contribution in [3.8, 4) is 0 Å². The van der Waals surface area contributed by atoms with Gasteiger partial charge >= 0.3 is 0 Å². The van der Waals surface area contributed by atoms with Gasteiger partial charge in [-0.25, -0.2) is 8.42 Å². The quantitative estimate of drug-likeness (QED) is 0.216. The van der Waals surface area contributed by atoms with Crippen LogP contribution in [0.3, 0.4) is 0 Å². The molecule has 7 nitrogen and oxygen atoms in total. The fourth-order valence-corrected chi connectivity index (χ4v) is 6.44. The van der Waals surface area contributed by atoms with E-state index in [1.807, 2.05) is 20.8 Å². The van der Waals surface area contributed by atoms with Crippen LogP contribution in [0.25, 0.3) is 0 Å². The molecule has 2 amide bonds. The highest BCUT2D eigenvalue weighted by atomic mass is 35.5. The average Bonchev–Trinajstić information content (AvgIpc) is 2.94. The maximum Gasteiger partial charge on any atom is 0.264 e. The molecule has 0 unspecified atom stereocenters. The highest BCUT2D eigenvalue weighted by molar-refractivity contribution is 7.92. The molecule has 0 aromatic heterocycles. The molecule has 3 aromatic rings. The van der Waals surface area contributed by atoms with Crippen LogP contribution in [0.15, 0.2) is 65.6 Å². The summed E-state index contributed by atoms with van der Waals surface area (Å²) in [5, 5.41) is 3.89. The van der Waals surface area contributed by atoms with Gasteiger partial charge in [0, 0.05) is 28.2 Å². The molecular formula is C30H33Cl4N3O4S. The van der Waals surface area contributed by atoms with Gasteiger partial charge in [-0.3, -0.25) is 13.9 Å². The topological polar surface area (TPSA) is 86.8 Å². The zero-order valence-corrected chi connectivity index (χ0v) is 27.5. The molecule has 0 aliphatic heterocycles. The molecule has 0 saturated carbocycles. The molecule has 42 heavy (non-hydrogen) atoms. The van der Waals surface area contributed by atoms with E-state index >= 15 is 0 Å². The van der Waals surface area contributed by atoms with E-state index in [0.717, 1.165) is 9.87 Å². The van der Waals surface area contributed by atoms with Crippen LogP contribution >= 0.6 is 46.4 Å². The van der Waals surface area contributed by atoms with Gasteiger partial charge in [-0.15, -0.1) is 0 Å². The van der Waals surface area contributed by atoms with Gasteiger partial charge in [-0.1, -0.05) is 84.0 Å². The molecule has 0 bridgehead atoms. The van der Waals surface area contributed by atoms with E-state index in [4.69, 9.17) is 46.4 Å². The lowest BCUT2D eigenvalue weighted by Crippen LogP contribution is -2.53.